The van der Waals surface area contributed by atoms with Gasteiger partial charge in [-0.15, -0.1) is 12.6 Å². The minimum absolute atomic E-state index is 0.253. The van der Waals surface area contributed by atoms with Crippen molar-refractivity contribution in [1.82, 2.24) is 0 Å². The summed E-state index contributed by atoms with van der Waals surface area (Å²) in [5.41, 5.74) is 0. The summed E-state index contributed by atoms with van der Waals surface area (Å²) < 4.78 is 52.2. The van der Waals surface area contributed by atoms with Gasteiger partial charge in [-0.05, 0) is 6.07 Å². The Morgan fingerprint density at radius 2 is 1.77 bits per heavy atom. The van der Waals surface area contributed by atoms with E-state index < -0.39 is 24.0 Å². The predicted octanol–water partition coefficient (Wildman–Crippen LogP) is 2.85. The average Bonchev–Trinajstić information content (AvgIpc) is 1.99. The zero-order chi connectivity index (χ0) is 10.0. The van der Waals surface area contributed by atoms with Gasteiger partial charge in [0.1, 0.15) is 5.82 Å². The maximum atomic E-state index is 12.7. The minimum Gasteiger partial charge on any atom is -0.432 e. The monoisotopic (exact) mass is 212 g/mol. The molecule has 13 heavy (non-hydrogen) atoms. The molecule has 0 aliphatic rings. The smallest absolute Gasteiger partial charge is 0.387 e. The number of benzene rings is 1. The summed E-state index contributed by atoms with van der Waals surface area (Å²) in [6.45, 7) is -3.15. The summed E-state index contributed by atoms with van der Waals surface area (Å²) in [5, 5.41) is 0. The highest BCUT2D eigenvalue weighted by Crippen LogP contribution is 2.25. The highest BCUT2D eigenvalue weighted by Gasteiger charge is 2.12. The highest BCUT2D eigenvalue weighted by atomic mass is 32.1. The number of halogens is 4. The van der Waals surface area contributed by atoms with Crippen LogP contribution < -0.4 is 4.74 Å². The Morgan fingerprint density at radius 1 is 1.15 bits per heavy atom. The fraction of sp³-hybridized carbons (Fsp3) is 0.143. The van der Waals surface area contributed by atoms with Crippen molar-refractivity contribution < 1.29 is 22.3 Å². The molecule has 6 heteroatoms. The molecule has 1 aromatic rings. The third-order valence-electron chi connectivity index (χ3n) is 1.22. The summed E-state index contributed by atoms with van der Waals surface area (Å²) in [4.78, 5) is -0.253. The normalized spacial score (nSPS) is 10.6. The van der Waals surface area contributed by atoms with E-state index in [9.17, 15) is 17.6 Å². The number of hydrogen-bond acceptors (Lipinski definition) is 2. The molecule has 0 unspecified atom stereocenters. The van der Waals surface area contributed by atoms with E-state index in [1.165, 1.54) is 0 Å². The highest BCUT2D eigenvalue weighted by molar-refractivity contribution is 7.80. The van der Waals surface area contributed by atoms with Gasteiger partial charge in [0.15, 0.2) is 11.6 Å². The Bertz CT molecular complexity index is 316. The lowest BCUT2D eigenvalue weighted by molar-refractivity contribution is -0.0524. The van der Waals surface area contributed by atoms with Gasteiger partial charge in [0.2, 0.25) is 0 Å². The molecule has 0 aliphatic carbocycles. The Balaban J connectivity index is 3.01. The van der Waals surface area contributed by atoms with E-state index in [0.717, 1.165) is 6.07 Å². The van der Waals surface area contributed by atoms with Gasteiger partial charge in [0.25, 0.3) is 0 Å². The lowest BCUT2D eigenvalue weighted by Gasteiger charge is -2.06. The first kappa shape index (κ1) is 10.2. The fourth-order valence-electron chi connectivity index (χ4n) is 0.705. The van der Waals surface area contributed by atoms with E-state index in [0.29, 0.717) is 6.07 Å². The molecule has 0 heterocycles. The van der Waals surface area contributed by atoms with Crippen LogP contribution in [0.4, 0.5) is 17.6 Å². The molecule has 0 radical (unpaired) electrons. The summed E-state index contributed by atoms with van der Waals surface area (Å²) in [7, 11) is 0. The molecule has 1 aromatic carbocycles. The first-order chi connectivity index (χ1) is 6.00. The molecule has 0 spiro atoms. The number of hydrogen-bond donors (Lipinski definition) is 1. The Morgan fingerprint density at radius 3 is 2.31 bits per heavy atom. The quantitative estimate of drug-likeness (QED) is 0.585. The zero-order valence-electron chi connectivity index (χ0n) is 6.10. The van der Waals surface area contributed by atoms with Crippen molar-refractivity contribution >= 4 is 12.6 Å². The molecule has 0 atom stereocenters. The Kier molecular flexibility index (Phi) is 3.02. The van der Waals surface area contributed by atoms with Crippen LogP contribution in [0.3, 0.4) is 0 Å². The summed E-state index contributed by atoms with van der Waals surface area (Å²) in [6.07, 6.45) is 0. The van der Waals surface area contributed by atoms with Crippen molar-refractivity contribution in [1.29, 1.82) is 0 Å². The lowest BCUT2D eigenvalue weighted by Crippen LogP contribution is -2.04. The molecular weight excluding hydrogens is 208 g/mol. The number of rotatable bonds is 2. The van der Waals surface area contributed by atoms with Gasteiger partial charge in [-0.3, -0.25) is 0 Å². The molecule has 0 bridgehead atoms. The molecule has 0 fully saturated rings. The maximum Gasteiger partial charge on any atom is 0.387 e. The van der Waals surface area contributed by atoms with Crippen molar-refractivity contribution in [3.63, 3.8) is 0 Å². The fourth-order valence-corrected chi connectivity index (χ4v) is 0.886. The van der Waals surface area contributed by atoms with Crippen LogP contribution in [0.15, 0.2) is 17.0 Å². The average molecular weight is 212 g/mol. The van der Waals surface area contributed by atoms with E-state index in [2.05, 4.69) is 17.4 Å². The second kappa shape index (κ2) is 3.87. The largest absolute Gasteiger partial charge is 0.432 e. The second-order valence-corrected chi connectivity index (χ2v) is 2.59. The van der Waals surface area contributed by atoms with Crippen LogP contribution in [0.1, 0.15) is 0 Å². The van der Waals surface area contributed by atoms with E-state index in [4.69, 9.17) is 0 Å². The maximum absolute atomic E-state index is 12.7. The van der Waals surface area contributed by atoms with Gasteiger partial charge >= 0.3 is 6.61 Å². The van der Waals surface area contributed by atoms with Gasteiger partial charge in [0.05, 0.1) is 0 Å². The van der Waals surface area contributed by atoms with Crippen LogP contribution >= 0.6 is 12.6 Å². The van der Waals surface area contributed by atoms with Crippen LogP contribution in [-0.4, -0.2) is 6.61 Å². The van der Waals surface area contributed by atoms with Crippen LogP contribution in [0, 0.1) is 11.6 Å². The van der Waals surface area contributed by atoms with Gasteiger partial charge in [0, 0.05) is 11.0 Å². The number of thiol groups is 1. The molecule has 0 aliphatic heterocycles. The van der Waals surface area contributed by atoms with Crippen LogP contribution in [0.2, 0.25) is 0 Å². The van der Waals surface area contributed by atoms with Crippen LogP contribution in [0.25, 0.3) is 0 Å². The molecule has 0 aromatic heterocycles. The Labute approximate surface area is 76.7 Å². The first-order valence-corrected chi connectivity index (χ1v) is 3.58. The third-order valence-corrected chi connectivity index (χ3v) is 1.56. The predicted molar refractivity (Wildman–Crippen MR) is 40.2 cm³/mol. The molecule has 1 nitrogen and oxygen atoms in total. The van der Waals surface area contributed by atoms with Crippen molar-refractivity contribution in [2.45, 2.75) is 11.5 Å². The van der Waals surface area contributed by atoms with Crippen molar-refractivity contribution in [3.8, 4) is 5.75 Å². The van der Waals surface area contributed by atoms with Crippen LogP contribution in [0.5, 0.6) is 5.75 Å². The summed E-state index contributed by atoms with van der Waals surface area (Å²) >= 11 is 3.57. The minimum atomic E-state index is -3.15. The number of alkyl halides is 2. The first-order valence-electron chi connectivity index (χ1n) is 3.13. The summed E-state index contributed by atoms with van der Waals surface area (Å²) in [5.74, 6) is -2.83. The van der Waals surface area contributed by atoms with Crippen LogP contribution in [-0.2, 0) is 0 Å². The summed E-state index contributed by atoms with van der Waals surface area (Å²) in [6, 6.07) is 1.18. The van der Waals surface area contributed by atoms with E-state index in [-0.39, 0.29) is 4.90 Å². The molecule has 72 valence electrons. The molecule has 0 amide bonds. The number of ether oxygens (including phenoxy) is 1. The Hall–Kier alpha value is -0.910. The van der Waals surface area contributed by atoms with Crippen molar-refractivity contribution in [2.75, 3.05) is 0 Å². The molecule has 0 saturated heterocycles. The standard InChI is InChI=1S/C7H4F4OS/c8-3-1-4(9)6(13)2-5(3)12-7(10)11/h1-2,7,13H. The van der Waals surface area contributed by atoms with Gasteiger partial charge < -0.3 is 4.74 Å². The lowest BCUT2D eigenvalue weighted by atomic mass is 10.3. The second-order valence-electron chi connectivity index (χ2n) is 2.11. The van der Waals surface area contributed by atoms with Gasteiger partial charge in [-0.2, -0.15) is 8.78 Å². The molecule has 0 saturated carbocycles. The third kappa shape index (κ3) is 2.51. The SMILES string of the molecule is Fc1cc(F)c(OC(F)F)cc1S. The van der Waals surface area contributed by atoms with Gasteiger partial charge in [-0.25, -0.2) is 8.78 Å². The van der Waals surface area contributed by atoms with Crippen molar-refractivity contribution in [3.05, 3.63) is 23.8 Å². The zero-order valence-corrected chi connectivity index (χ0v) is 6.99. The van der Waals surface area contributed by atoms with E-state index >= 15 is 0 Å². The molecule has 0 N–H and O–H groups in total. The van der Waals surface area contributed by atoms with E-state index in [1.54, 1.807) is 0 Å². The molecular formula is C7H4F4OS. The molecule has 1 rings (SSSR count). The topological polar surface area (TPSA) is 9.23 Å². The van der Waals surface area contributed by atoms with Crippen molar-refractivity contribution in [2.24, 2.45) is 0 Å². The van der Waals surface area contributed by atoms with E-state index in [1.807, 2.05) is 0 Å². The van der Waals surface area contributed by atoms with Gasteiger partial charge in [-0.1, -0.05) is 0 Å².